The highest BCUT2D eigenvalue weighted by atomic mass is 127. The molecule has 13 heavy (non-hydrogen) atoms. The van der Waals surface area contributed by atoms with E-state index in [2.05, 4.69) is 4.98 Å². The summed E-state index contributed by atoms with van der Waals surface area (Å²) in [6, 6.07) is 1.65. The molecule has 0 spiro atoms. The summed E-state index contributed by atoms with van der Waals surface area (Å²) in [5, 5.41) is 8.42. The van der Waals surface area contributed by atoms with Crippen molar-refractivity contribution in [2.45, 2.75) is 6.43 Å². The van der Waals surface area contributed by atoms with Crippen molar-refractivity contribution in [1.29, 1.82) is 5.26 Å². The third-order valence-electron chi connectivity index (χ3n) is 1.31. The van der Waals surface area contributed by atoms with E-state index < -0.39 is 17.9 Å². The summed E-state index contributed by atoms with van der Waals surface area (Å²) < 4.78 is 37.0. The Labute approximate surface area is 85.5 Å². The van der Waals surface area contributed by atoms with Gasteiger partial charge in [-0.15, -0.1) is 0 Å². The van der Waals surface area contributed by atoms with Crippen molar-refractivity contribution in [2.75, 3.05) is 0 Å². The standard InChI is InChI=1S/C7H2F3IN2/c8-4-5(11)3(1-12)2-13-6(4)7(9)10/h2,7H. The summed E-state index contributed by atoms with van der Waals surface area (Å²) in [5.74, 6) is -1.12. The van der Waals surface area contributed by atoms with Crippen LogP contribution in [0.3, 0.4) is 0 Å². The van der Waals surface area contributed by atoms with E-state index in [-0.39, 0.29) is 9.13 Å². The van der Waals surface area contributed by atoms with Gasteiger partial charge in [-0.1, -0.05) is 0 Å². The topological polar surface area (TPSA) is 36.7 Å². The van der Waals surface area contributed by atoms with Gasteiger partial charge < -0.3 is 0 Å². The minimum Gasteiger partial charge on any atom is -0.251 e. The summed E-state index contributed by atoms with van der Waals surface area (Å²) in [5.41, 5.74) is -0.953. The number of nitrogens with zero attached hydrogens (tertiary/aromatic N) is 2. The Morgan fingerprint density at radius 2 is 2.15 bits per heavy atom. The fraction of sp³-hybridized carbons (Fsp3) is 0.143. The van der Waals surface area contributed by atoms with Gasteiger partial charge in [-0.05, 0) is 22.6 Å². The highest BCUT2D eigenvalue weighted by molar-refractivity contribution is 14.1. The molecule has 0 radical (unpaired) electrons. The molecule has 0 aliphatic rings. The molecular weight excluding hydrogens is 296 g/mol. The maximum Gasteiger partial charge on any atom is 0.283 e. The molecule has 1 rings (SSSR count). The minimum atomic E-state index is -2.96. The smallest absolute Gasteiger partial charge is 0.251 e. The Morgan fingerprint density at radius 3 is 2.62 bits per heavy atom. The predicted octanol–water partition coefficient (Wildman–Crippen LogP) is 2.63. The van der Waals surface area contributed by atoms with Crippen LogP contribution in [0.25, 0.3) is 0 Å². The molecule has 6 heteroatoms. The molecule has 0 N–H and O–H groups in total. The quantitative estimate of drug-likeness (QED) is 0.747. The third kappa shape index (κ3) is 1.91. The van der Waals surface area contributed by atoms with E-state index in [4.69, 9.17) is 5.26 Å². The predicted molar refractivity (Wildman–Crippen MR) is 46.6 cm³/mol. The van der Waals surface area contributed by atoms with E-state index in [1.807, 2.05) is 0 Å². The molecule has 1 aromatic rings. The normalized spacial score (nSPS) is 10.2. The van der Waals surface area contributed by atoms with Gasteiger partial charge in [0, 0.05) is 6.20 Å². The van der Waals surface area contributed by atoms with Crippen molar-refractivity contribution in [1.82, 2.24) is 4.98 Å². The van der Waals surface area contributed by atoms with E-state index >= 15 is 0 Å². The van der Waals surface area contributed by atoms with Crippen LogP contribution in [-0.4, -0.2) is 4.98 Å². The molecule has 0 aliphatic heterocycles. The summed E-state index contributed by atoms with van der Waals surface area (Å²) in [6.45, 7) is 0. The van der Waals surface area contributed by atoms with Crippen molar-refractivity contribution in [3.05, 3.63) is 26.8 Å². The molecular formula is C7H2F3IN2. The maximum absolute atomic E-state index is 13.0. The summed E-state index contributed by atoms with van der Waals surface area (Å²) >= 11 is 1.49. The van der Waals surface area contributed by atoms with Crippen LogP contribution in [0, 0.1) is 20.7 Å². The average molecular weight is 298 g/mol. The van der Waals surface area contributed by atoms with E-state index in [1.165, 1.54) is 22.6 Å². The van der Waals surface area contributed by atoms with Gasteiger partial charge in [0.25, 0.3) is 6.43 Å². The molecule has 0 amide bonds. The lowest BCUT2D eigenvalue weighted by atomic mass is 10.2. The Kier molecular flexibility index (Phi) is 3.08. The number of hydrogen-bond acceptors (Lipinski definition) is 2. The highest BCUT2D eigenvalue weighted by Crippen LogP contribution is 2.24. The van der Waals surface area contributed by atoms with Crippen molar-refractivity contribution in [3.8, 4) is 6.07 Å². The van der Waals surface area contributed by atoms with Crippen LogP contribution >= 0.6 is 22.6 Å². The van der Waals surface area contributed by atoms with Gasteiger partial charge in [-0.2, -0.15) is 5.26 Å². The molecule has 2 nitrogen and oxygen atoms in total. The number of aromatic nitrogens is 1. The van der Waals surface area contributed by atoms with Gasteiger partial charge in [0.05, 0.1) is 9.13 Å². The zero-order valence-electron chi connectivity index (χ0n) is 6.06. The van der Waals surface area contributed by atoms with Gasteiger partial charge in [0.1, 0.15) is 11.8 Å². The molecule has 0 bridgehead atoms. The maximum atomic E-state index is 13.0. The third-order valence-corrected chi connectivity index (χ3v) is 2.37. The fourth-order valence-electron chi connectivity index (χ4n) is 0.708. The van der Waals surface area contributed by atoms with Crippen LogP contribution < -0.4 is 0 Å². The molecule has 0 atom stereocenters. The molecule has 0 aromatic carbocycles. The highest BCUT2D eigenvalue weighted by Gasteiger charge is 2.19. The summed E-state index contributed by atoms with van der Waals surface area (Å²) in [7, 11) is 0. The summed E-state index contributed by atoms with van der Waals surface area (Å²) in [6.07, 6.45) is -2.02. The van der Waals surface area contributed by atoms with E-state index in [0.29, 0.717) is 0 Å². The lowest BCUT2D eigenvalue weighted by Gasteiger charge is -2.02. The van der Waals surface area contributed by atoms with Crippen LogP contribution in [0.5, 0.6) is 0 Å². The number of alkyl halides is 2. The first-order chi connectivity index (χ1) is 6.07. The van der Waals surface area contributed by atoms with Crippen molar-refractivity contribution in [3.63, 3.8) is 0 Å². The first-order valence-electron chi connectivity index (χ1n) is 3.10. The van der Waals surface area contributed by atoms with Crippen LogP contribution in [0.4, 0.5) is 13.2 Å². The number of rotatable bonds is 1. The lowest BCUT2D eigenvalue weighted by molar-refractivity contribution is 0.140. The summed E-state index contributed by atoms with van der Waals surface area (Å²) in [4.78, 5) is 3.16. The van der Waals surface area contributed by atoms with E-state index in [9.17, 15) is 13.2 Å². The molecule has 0 fully saturated rings. The molecule has 0 unspecified atom stereocenters. The molecule has 0 saturated carbocycles. The second kappa shape index (κ2) is 3.91. The molecule has 0 saturated heterocycles. The molecule has 1 heterocycles. The van der Waals surface area contributed by atoms with Crippen molar-refractivity contribution in [2.24, 2.45) is 0 Å². The van der Waals surface area contributed by atoms with E-state index in [0.717, 1.165) is 6.20 Å². The minimum absolute atomic E-state index is 0.0394. The van der Waals surface area contributed by atoms with Crippen LogP contribution in [0.1, 0.15) is 17.7 Å². The van der Waals surface area contributed by atoms with Crippen LogP contribution in [0.2, 0.25) is 0 Å². The van der Waals surface area contributed by atoms with Gasteiger partial charge in [-0.3, -0.25) is 4.98 Å². The Morgan fingerprint density at radius 1 is 1.54 bits per heavy atom. The largest absolute Gasteiger partial charge is 0.283 e. The van der Waals surface area contributed by atoms with E-state index in [1.54, 1.807) is 6.07 Å². The molecule has 0 aliphatic carbocycles. The second-order valence-corrected chi connectivity index (χ2v) is 3.18. The average Bonchev–Trinajstić information content (AvgIpc) is 2.09. The monoisotopic (exact) mass is 298 g/mol. The second-order valence-electron chi connectivity index (χ2n) is 2.10. The fourth-order valence-corrected chi connectivity index (χ4v) is 1.24. The van der Waals surface area contributed by atoms with Gasteiger partial charge in [-0.25, -0.2) is 13.2 Å². The van der Waals surface area contributed by atoms with Crippen molar-refractivity contribution < 1.29 is 13.2 Å². The van der Waals surface area contributed by atoms with Gasteiger partial charge in [0.2, 0.25) is 0 Å². The molecule has 68 valence electrons. The lowest BCUT2D eigenvalue weighted by Crippen LogP contribution is -2.00. The number of hydrogen-bond donors (Lipinski definition) is 0. The van der Waals surface area contributed by atoms with Crippen molar-refractivity contribution >= 4 is 22.6 Å². The first-order valence-corrected chi connectivity index (χ1v) is 4.18. The number of halogens is 4. The Bertz CT molecular complexity index is 373. The van der Waals surface area contributed by atoms with Gasteiger partial charge >= 0.3 is 0 Å². The molecule has 1 aromatic heterocycles. The zero-order chi connectivity index (χ0) is 10.0. The van der Waals surface area contributed by atoms with Crippen LogP contribution in [0.15, 0.2) is 6.20 Å². The first kappa shape index (κ1) is 10.2. The van der Waals surface area contributed by atoms with Gasteiger partial charge in [0.15, 0.2) is 5.82 Å². The zero-order valence-corrected chi connectivity index (χ0v) is 8.22. The SMILES string of the molecule is N#Cc1cnc(C(F)F)c(F)c1I. The number of pyridine rings is 1. The Hall–Kier alpha value is -0.840. The Balaban J connectivity index is 3.33. The number of nitriles is 1. The van der Waals surface area contributed by atoms with Crippen LogP contribution in [-0.2, 0) is 0 Å².